The highest BCUT2D eigenvalue weighted by Crippen LogP contribution is 2.29. The van der Waals surface area contributed by atoms with E-state index >= 15 is 0 Å². The molecule has 1 aliphatic heterocycles. The van der Waals surface area contributed by atoms with Crippen molar-refractivity contribution in [2.75, 3.05) is 6.61 Å². The molecule has 1 aromatic heterocycles. The van der Waals surface area contributed by atoms with Crippen molar-refractivity contribution in [1.82, 2.24) is 15.0 Å². The standard InChI is InChI=1S/C14H18N4O/c1-18-9-11(16-17-18)8-13(15)14-12-5-3-2-4-10(12)6-7-19-14/h2-5,9,13-14H,6-8,15H2,1H3. The third kappa shape index (κ3) is 2.52. The predicted molar refractivity (Wildman–Crippen MR) is 71.5 cm³/mol. The van der Waals surface area contributed by atoms with Gasteiger partial charge in [-0.05, 0) is 17.5 Å². The van der Waals surface area contributed by atoms with Crippen molar-refractivity contribution in [3.8, 4) is 0 Å². The molecule has 2 heterocycles. The monoisotopic (exact) mass is 258 g/mol. The summed E-state index contributed by atoms with van der Waals surface area (Å²) in [6.45, 7) is 0.732. The minimum Gasteiger partial charge on any atom is -0.372 e. The van der Waals surface area contributed by atoms with Crippen LogP contribution >= 0.6 is 0 Å². The molecule has 5 nitrogen and oxygen atoms in total. The fourth-order valence-corrected chi connectivity index (χ4v) is 2.62. The molecule has 0 fully saturated rings. The summed E-state index contributed by atoms with van der Waals surface area (Å²) in [6, 6.07) is 8.26. The second kappa shape index (κ2) is 5.11. The molecule has 0 bridgehead atoms. The molecule has 19 heavy (non-hydrogen) atoms. The van der Waals surface area contributed by atoms with Gasteiger partial charge in [-0.1, -0.05) is 29.5 Å². The Morgan fingerprint density at radius 2 is 2.32 bits per heavy atom. The van der Waals surface area contributed by atoms with Crippen molar-refractivity contribution in [2.45, 2.75) is 25.0 Å². The fraction of sp³-hybridized carbons (Fsp3) is 0.429. The van der Waals surface area contributed by atoms with Crippen LogP contribution in [0.1, 0.15) is 22.9 Å². The summed E-state index contributed by atoms with van der Waals surface area (Å²) in [4.78, 5) is 0. The molecule has 1 aliphatic rings. The van der Waals surface area contributed by atoms with Crippen molar-refractivity contribution in [3.05, 3.63) is 47.3 Å². The first kappa shape index (κ1) is 12.3. The van der Waals surface area contributed by atoms with E-state index in [0.29, 0.717) is 6.42 Å². The van der Waals surface area contributed by atoms with Crippen molar-refractivity contribution < 1.29 is 4.74 Å². The Hall–Kier alpha value is -1.72. The lowest BCUT2D eigenvalue weighted by Crippen LogP contribution is -2.35. The quantitative estimate of drug-likeness (QED) is 0.892. The number of aromatic nitrogens is 3. The Morgan fingerprint density at radius 1 is 1.47 bits per heavy atom. The maximum absolute atomic E-state index is 6.30. The van der Waals surface area contributed by atoms with E-state index in [-0.39, 0.29) is 12.1 Å². The minimum absolute atomic E-state index is 0.0491. The number of fused-ring (bicyclic) bond motifs is 1. The van der Waals surface area contributed by atoms with Gasteiger partial charge in [-0.25, -0.2) is 0 Å². The maximum atomic E-state index is 6.30. The Morgan fingerprint density at radius 3 is 3.11 bits per heavy atom. The number of rotatable bonds is 3. The highest BCUT2D eigenvalue weighted by Gasteiger charge is 2.26. The first-order valence-electron chi connectivity index (χ1n) is 6.54. The zero-order valence-electron chi connectivity index (χ0n) is 11.0. The second-order valence-electron chi connectivity index (χ2n) is 4.99. The van der Waals surface area contributed by atoms with Gasteiger partial charge in [0.05, 0.1) is 18.4 Å². The van der Waals surface area contributed by atoms with Gasteiger partial charge in [0.1, 0.15) is 0 Å². The van der Waals surface area contributed by atoms with Crippen LogP contribution in [-0.4, -0.2) is 27.6 Å². The molecule has 2 N–H and O–H groups in total. The van der Waals surface area contributed by atoms with Crippen molar-refractivity contribution in [1.29, 1.82) is 0 Å². The molecule has 1 aromatic carbocycles. The summed E-state index contributed by atoms with van der Waals surface area (Å²) in [6.07, 6.45) is 3.48. The first-order chi connectivity index (χ1) is 9.24. The Labute approximate surface area is 112 Å². The predicted octanol–water partition coefficient (Wildman–Crippen LogP) is 0.999. The van der Waals surface area contributed by atoms with Crippen molar-refractivity contribution >= 4 is 0 Å². The van der Waals surface area contributed by atoms with Crippen LogP contribution in [0.15, 0.2) is 30.5 Å². The molecule has 0 spiro atoms. The zero-order chi connectivity index (χ0) is 13.2. The summed E-state index contributed by atoms with van der Waals surface area (Å²) < 4.78 is 7.56. The van der Waals surface area contributed by atoms with Crippen LogP contribution in [0.3, 0.4) is 0 Å². The fourth-order valence-electron chi connectivity index (χ4n) is 2.62. The lowest BCUT2D eigenvalue weighted by atomic mass is 9.92. The van der Waals surface area contributed by atoms with Gasteiger partial charge in [0.2, 0.25) is 0 Å². The Kier molecular flexibility index (Phi) is 3.31. The largest absolute Gasteiger partial charge is 0.372 e. The minimum atomic E-state index is -0.0989. The molecule has 2 atom stereocenters. The zero-order valence-corrected chi connectivity index (χ0v) is 11.0. The molecule has 0 saturated heterocycles. The topological polar surface area (TPSA) is 66.0 Å². The van der Waals surface area contributed by atoms with Crippen LogP contribution in [-0.2, 0) is 24.6 Å². The van der Waals surface area contributed by atoms with Crippen LogP contribution in [0.4, 0.5) is 0 Å². The Bertz CT molecular complexity index is 566. The summed E-state index contributed by atoms with van der Waals surface area (Å²) in [5, 5.41) is 8.01. The van der Waals surface area contributed by atoms with Crippen LogP contribution in [0, 0.1) is 0 Å². The van der Waals surface area contributed by atoms with Crippen LogP contribution < -0.4 is 5.73 Å². The van der Waals surface area contributed by atoms with Crippen molar-refractivity contribution in [3.63, 3.8) is 0 Å². The average Bonchev–Trinajstić information content (AvgIpc) is 2.83. The normalized spacial score (nSPS) is 20.0. The van der Waals surface area contributed by atoms with Gasteiger partial charge in [-0.3, -0.25) is 4.68 Å². The molecule has 0 aliphatic carbocycles. The Balaban J connectivity index is 1.79. The molecule has 0 radical (unpaired) electrons. The SMILES string of the molecule is Cn1cc(CC(N)C2OCCc3ccccc32)nn1. The molecule has 3 rings (SSSR count). The van der Waals surface area contributed by atoms with E-state index < -0.39 is 0 Å². The molecule has 0 saturated carbocycles. The lowest BCUT2D eigenvalue weighted by molar-refractivity contribution is 0.0244. The van der Waals surface area contributed by atoms with E-state index in [1.54, 1.807) is 4.68 Å². The number of hydrogen-bond donors (Lipinski definition) is 1. The lowest BCUT2D eigenvalue weighted by Gasteiger charge is -2.30. The number of benzene rings is 1. The van der Waals surface area contributed by atoms with Gasteiger partial charge in [0, 0.05) is 25.7 Å². The summed E-state index contributed by atoms with van der Waals surface area (Å²) in [5.74, 6) is 0. The maximum Gasteiger partial charge on any atom is 0.0982 e. The van der Waals surface area contributed by atoms with Crippen LogP contribution in [0.25, 0.3) is 0 Å². The molecular formula is C14H18N4O. The molecule has 2 aromatic rings. The number of hydrogen-bond acceptors (Lipinski definition) is 4. The smallest absolute Gasteiger partial charge is 0.0982 e. The van der Waals surface area contributed by atoms with Gasteiger partial charge in [-0.2, -0.15) is 0 Å². The van der Waals surface area contributed by atoms with Crippen LogP contribution in [0.5, 0.6) is 0 Å². The molecule has 0 amide bonds. The number of nitrogens with two attached hydrogens (primary N) is 1. The number of aryl methyl sites for hydroxylation is 1. The van der Waals surface area contributed by atoms with E-state index in [9.17, 15) is 0 Å². The second-order valence-corrected chi connectivity index (χ2v) is 4.99. The molecule has 2 unspecified atom stereocenters. The molecular weight excluding hydrogens is 240 g/mol. The van der Waals surface area contributed by atoms with Gasteiger partial charge in [0.25, 0.3) is 0 Å². The number of ether oxygens (including phenoxy) is 1. The summed E-state index contributed by atoms with van der Waals surface area (Å²) in [7, 11) is 1.86. The van der Waals surface area contributed by atoms with Gasteiger partial charge in [0.15, 0.2) is 0 Å². The van der Waals surface area contributed by atoms with Gasteiger partial charge < -0.3 is 10.5 Å². The molecule has 5 heteroatoms. The summed E-state index contributed by atoms with van der Waals surface area (Å²) in [5.41, 5.74) is 9.76. The summed E-state index contributed by atoms with van der Waals surface area (Å²) >= 11 is 0. The number of nitrogens with zero attached hydrogens (tertiary/aromatic N) is 3. The molecule has 100 valence electrons. The third-order valence-electron chi connectivity index (χ3n) is 3.51. The van der Waals surface area contributed by atoms with Gasteiger partial charge in [-0.15, -0.1) is 5.10 Å². The highest BCUT2D eigenvalue weighted by atomic mass is 16.5. The van der Waals surface area contributed by atoms with Gasteiger partial charge >= 0.3 is 0 Å². The first-order valence-corrected chi connectivity index (χ1v) is 6.54. The van der Waals surface area contributed by atoms with E-state index in [4.69, 9.17) is 10.5 Å². The van der Waals surface area contributed by atoms with E-state index in [2.05, 4.69) is 28.5 Å². The highest BCUT2D eigenvalue weighted by molar-refractivity contribution is 5.32. The van der Waals surface area contributed by atoms with Crippen molar-refractivity contribution in [2.24, 2.45) is 12.8 Å². The van der Waals surface area contributed by atoms with Crippen LogP contribution in [0.2, 0.25) is 0 Å². The average molecular weight is 258 g/mol. The van der Waals surface area contributed by atoms with E-state index in [1.165, 1.54) is 11.1 Å². The van der Waals surface area contributed by atoms with E-state index in [1.807, 2.05) is 19.3 Å². The third-order valence-corrected chi connectivity index (χ3v) is 3.51. The van der Waals surface area contributed by atoms with E-state index in [0.717, 1.165) is 18.7 Å².